The maximum Gasteiger partial charge on any atom is 0.351 e. The van der Waals surface area contributed by atoms with Gasteiger partial charge in [0.1, 0.15) is 11.8 Å². The lowest BCUT2D eigenvalue weighted by Gasteiger charge is -2.20. The van der Waals surface area contributed by atoms with Crippen molar-refractivity contribution >= 4 is 22.7 Å². The first kappa shape index (κ1) is 20.7. The molecule has 0 fully saturated rings. The van der Waals surface area contributed by atoms with Gasteiger partial charge in [-0.15, -0.1) is 0 Å². The van der Waals surface area contributed by atoms with Crippen molar-refractivity contribution in [3.8, 4) is 6.07 Å². The molecule has 0 aliphatic carbocycles. The summed E-state index contributed by atoms with van der Waals surface area (Å²) in [6.45, 7) is 9.88. The lowest BCUT2D eigenvalue weighted by atomic mass is 10.0. The van der Waals surface area contributed by atoms with E-state index in [0.29, 0.717) is 11.4 Å². The third kappa shape index (κ3) is 5.61. The number of hydrogen-bond donors (Lipinski definition) is 1. The van der Waals surface area contributed by atoms with Crippen LogP contribution in [0.5, 0.6) is 0 Å². The van der Waals surface area contributed by atoms with Crippen molar-refractivity contribution in [2.75, 3.05) is 6.61 Å². The van der Waals surface area contributed by atoms with Crippen molar-refractivity contribution in [2.24, 2.45) is 10.9 Å². The molecule has 0 spiro atoms. The molecule has 1 N–H and O–H groups in total. The third-order valence-electron chi connectivity index (χ3n) is 3.81. The zero-order valence-electron chi connectivity index (χ0n) is 14.9. The maximum atomic E-state index is 12.3. The van der Waals surface area contributed by atoms with Crippen LogP contribution in [-0.2, 0) is 9.53 Å². The minimum absolute atomic E-state index is 0.0448. The fraction of sp³-hybridized carbons (Fsp3) is 0.421. The first-order valence-corrected chi connectivity index (χ1v) is 8.72. The molecule has 25 heavy (non-hydrogen) atoms. The van der Waals surface area contributed by atoms with Crippen molar-refractivity contribution in [3.05, 3.63) is 47.5 Å². The van der Waals surface area contributed by atoms with Gasteiger partial charge in [0.15, 0.2) is 10.7 Å². The van der Waals surface area contributed by atoms with Crippen LogP contribution in [0.4, 0.5) is 0 Å². The van der Waals surface area contributed by atoms with Gasteiger partial charge in [0.05, 0.1) is 18.0 Å². The summed E-state index contributed by atoms with van der Waals surface area (Å²) in [4.78, 5) is 16.6. The maximum absolute atomic E-state index is 12.3. The van der Waals surface area contributed by atoms with E-state index in [0.717, 1.165) is 19.3 Å². The number of rotatable bonds is 7. The van der Waals surface area contributed by atoms with Gasteiger partial charge in [-0.3, -0.25) is 0 Å². The van der Waals surface area contributed by atoms with Gasteiger partial charge >= 0.3 is 5.97 Å². The molecule has 0 amide bonds. The Morgan fingerprint density at radius 3 is 2.76 bits per heavy atom. The van der Waals surface area contributed by atoms with Crippen LogP contribution in [0.15, 0.2) is 52.5 Å². The average Bonchev–Trinajstić information content (AvgIpc) is 2.61. The number of ether oxygens (including phenoxy) is 1. The normalized spacial score (nSPS) is 20.4. The van der Waals surface area contributed by atoms with Crippen LogP contribution >= 0.6 is 11.6 Å². The highest BCUT2D eigenvalue weighted by molar-refractivity contribution is 6.70. The number of allylic oxidation sites excluding steroid dienone is 4. The first-order valence-electron chi connectivity index (χ1n) is 8.34. The molecule has 1 heterocycles. The number of nitriles is 1. The second-order valence-electron chi connectivity index (χ2n) is 5.54. The second-order valence-corrected chi connectivity index (χ2v) is 5.90. The number of esters is 1. The molecule has 5 nitrogen and oxygen atoms in total. The zero-order chi connectivity index (χ0) is 18.8. The molecule has 1 atom stereocenters. The Labute approximate surface area is 154 Å². The minimum Gasteiger partial charge on any atom is -0.461 e. The highest BCUT2D eigenvalue weighted by Gasteiger charge is 2.25. The summed E-state index contributed by atoms with van der Waals surface area (Å²) in [5, 5.41) is 12.4. The van der Waals surface area contributed by atoms with Gasteiger partial charge in [0.2, 0.25) is 0 Å². The largest absolute Gasteiger partial charge is 0.461 e. The van der Waals surface area contributed by atoms with Gasteiger partial charge in [-0.2, -0.15) is 5.26 Å². The summed E-state index contributed by atoms with van der Waals surface area (Å²) in [6.07, 6.45) is 7.94. The summed E-state index contributed by atoms with van der Waals surface area (Å²) in [5.74, 6) is -0.414. The molecule has 1 unspecified atom stereocenters. The summed E-state index contributed by atoms with van der Waals surface area (Å²) < 4.78 is 5.32. The van der Waals surface area contributed by atoms with Gasteiger partial charge in [-0.05, 0) is 25.3 Å². The number of aliphatic imine (C=N–C) groups is 1. The SMILES string of the molecule is C=C/C=C1/N/C(=C(/C#N)C(=O)OCC(CC)CCC)C(Cl)=N/C1=C/C. The molecule has 0 saturated carbocycles. The molecule has 1 aliphatic rings. The summed E-state index contributed by atoms with van der Waals surface area (Å²) in [5.41, 5.74) is 1.17. The number of halogens is 1. The molecule has 0 saturated heterocycles. The van der Waals surface area contributed by atoms with Crippen LogP contribution < -0.4 is 5.32 Å². The quantitative estimate of drug-likeness (QED) is 0.415. The Kier molecular flexibility index (Phi) is 8.73. The Bertz CT molecular complexity index is 681. The van der Waals surface area contributed by atoms with Gasteiger partial charge in [-0.1, -0.05) is 57.0 Å². The monoisotopic (exact) mass is 361 g/mol. The van der Waals surface area contributed by atoms with Crippen LogP contribution in [0.1, 0.15) is 40.0 Å². The molecule has 0 bridgehead atoms. The van der Waals surface area contributed by atoms with Gasteiger partial charge < -0.3 is 10.1 Å². The summed E-state index contributed by atoms with van der Waals surface area (Å²) >= 11 is 6.16. The molecule has 1 rings (SSSR count). The molecule has 134 valence electrons. The number of nitrogens with zero attached hydrogens (tertiary/aromatic N) is 2. The predicted molar refractivity (Wildman–Crippen MR) is 101 cm³/mol. The number of nitrogens with one attached hydrogen (secondary N) is 1. The van der Waals surface area contributed by atoms with E-state index in [1.165, 1.54) is 0 Å². The molecular weight excluding hydrogens is 338 g/mol. The van der Waals surface area contributed by atoms with Gasteiger partial charge in [0, 0.05) is 0 Å². The van der Waals surface area contributed by atoms with Gasteiger partial charge in [0.25, 0.3) is 0 Å². The van der Waals surface area contributed by atoms with E-state index in [9.17, 15) is 10.1 Å². The summed E-state index contributed by atoms with van der Waals surface area (Å²) in [6, 6.07) is 1.88. The number of carbonyl (C=O) groups excluding carboxylic acids is 1. The Morgan fingerprint density at radius 1 is 1.52 bits per heavy atom. The number of carbonyl (C=O) groups is 1. The highest BCUT2D eigenvalue weighted by Crippen LogP contribution is 2.23. The Hall–Kier alpha value is -2.32. The highest BCUT2D eigenvalue weighted by atomic mass is 35.5. The molecule has 0 aromatic carbocycles. The van der Waals surface area contributed by atoms with Crippen molar-refractivity contribution in [3.63, 3.8) is 0 Å². The zero-order valence-corrected chi connectivity index (χ0v) is 15.7. The fourth-order valence-electron chi connectivity index (χ4n) is 2.39. The predicted octanol–water partition coefficient (Wildman–Crippen LogP) is 4.35. The Morgan fingerprint density at radius 2 is 2.24 bits per heavy atom. The van der Waals surface area contributed by atoms with Crippen molar-refractivity contribution in [1.29, 1.82) is 5.26 Å². The topological polar surface area (TPSA) is 74.5 Å². The summed E-state index contributed by atoms with van der Waals surface area (Å²) in [7, 11) is 0. The Balaban J connectivity index is 3.10. The van der Waals surface area contributed by atoms with E-state index in [2.05, 4.69) is 30.7 Å². The third-order valence-corrected chi connectivity index (χ3v) is 4.08. The van der Waals surface area contributed by atoms with Gasteiger partial charge in [-0.25, -0.2) is 9.79 Å². The molecule has 0 aromatic heterocycles. The lowest BCUT2D eigenvalue weighted by molar-refractivity contribution is -0.140. The van der Waals surface area contributed by atoms with Crippen molar-refractivity contribution in [1.82, 2.24) is 5.32 Å². The average molecular weight is 362 g/mol. The standard InChI is InChI=1S/C19H24ClN3O2/c1-5-9-13(7-3)12-25-19(24)14(11-21)17-18(20)23-15(8-4)16(22-17)10-6-2/h6,8,10,13,22H,2,5,7,9,12H2,1,3-4H3/b15-8+,16-10+,17-14-. The molecular formula is C19H24ClN3O2. The van der Waals surface area contributed by atoms with Crippen LogP contribution in [0.25, 0.3) is 0 Å². The van der Waals surface area contributed by atoms with E-state index in [1.807, 2.05) is 13.0 Å². The van der Waals surface area contributed by atoms with E-state index in [1.54, 1.807) is 18.2 Å². The number of hydrogen-bond acceptors (Lipinski definition) is 5. The lowest BCUT2D eigenvalue weighted by Crippen LogP contribution is -2.27. The molecule has 1 aliphatic heterocycles. The van der Waals surface area contributed by atoms with E-state index >= 15 is 0 Å². The van der Waals surface area contributed by atoms with Crippen LogP contribution in [0, 0.1) is 17.2 Å². The van der Waals surface area contributed by atoms with Crippen LogP contribution in [0.2, 0.25) is 0 Å². The first-order chi connectivity index (χ1) is 12.0. The molecule has 0 aromatic rings. The molecule has 0 radical (unpaired) electrons. The van der Waals surface area contributed by atoms with Crippen molar-refractivity contribution < 1.29 is 9.53 Å². The van der Waals surface area contributed by atoms with E-state index in [-0.39, 0.29) is 29.0 Å². The van der Waals surface area contributed by atoms with Crippen molar-refractivity contribution in [2.45, 2.75) is 40.0 Å². The van der Waals surface area contributed by atoms with E-state index in [4.69, 9.17) is 16.3 Å². The minimum atomic E-state index is -0.699. The van der Waals surface area contributed by atoms with E-state index < -0.39 is 5.97 Å². The van der Waals surface area contributed by atoms with Crippen LogP contribution in [0.3, 0.4) is 0 Å². The van der Waals surface area contributed by atoms with Crippen LogP contribution in [-0.4, -0.2) is 17.7 Å². The fourth-order valence-corrected chi connectivity index (χ4v) is 2.62. The smallest absolute Gasteiger partial charge is 0.351 e. The second kappa shape index (κ2) is 10.5. The molecule has 6 heteroatoms.